The monoisotopic (exact) mass is 385 g/mol. The van der Waals surface area contributed by atoms with Gasteiger partial charge in [-0.3, -0.25) is 0 Å². The van der Waals surface area contributed by atoms with E-state index in [1.54, 1.807) is 12.1 Å². The summed E-state index contributed by atoms with van der Waals surface area (Å²) in [6.45, 7) is 1.62. The first-order chi connectivity index (χ1) is 10.6. The number of halogens is 2. The van der Waals surface area contributed by atoms with Gasteiger partial charge in [-0.1, -0.05) is 27.3 Å². The highest BCUT2D eigenvalue weighted by atomic mass is 79.9. The van der Waals surface area contributed by atoms with E-state index in [0.29, 0.717) is 10.6 Å². The second-order valence-corrected chi connectivity index (χ2v) is 7.25. The Bertz CT molecular complexity index is 645. The fourth-order valence-electron chi connectivity index (χ4n) is 2.47. The molecular formula is C15H17BrFN3OS. The predicted molar refractivity (Wildman–Crippen MR) is 89.9 cm³/mol. The van der Waals surface area contributed by atoms with Crippen molar-refractivity contribution in [1.82, 2.24) is 10.2 Å². The highest BCUT2D eigenvalue weighted by Crippen LogP contribution is 2.32. The Kier molecular flexibility index (Phi) is 5.05. The van der Waals surface area contributed by atoms with Crippen LogP contribution in [0.1, 0.15) is 19.3 Å². The minimum Gasteiger partial charge on any atom is -0.376 e. The summed E-state index contributed by atoms with van der Waals surface area (Å²) >= 11 is 4.75. The van der Waals surface area contributed by atoms with E-state index >= 15 is 0 Å². The first-order valence-corrected chi connectivity index (χ1v) is 8.86. The maximum Gasteiger partial charge on any atom is 0.208 e. The van der Waals surface area contributed by atoms with Crippen LogP contribution in [0.25, 0.3) is 10.6 Å². The van der Waals surface area contributed by atoms with Crippen LogP contribution in [-0.2, 0) is 4.74 Å². The van der Waals surface area contributed by atoms with E-state index in [2.05, 4.69) is 26.1 Å². The fraction of sp³-hybridized carbons (Fsp3) is 0.467. The molecule has 1 aromatic carbocycles. The van der Waals surface area contributed by atoms with Gasteiger partial charge in [0.05, 0.1) is 6.10 Å². The molecule has 118 valence electrons. The van der Waals surface area contributed by atoms with Crippen molar-refractivity contribution in [2.45, 2.75) is 25.4 Å². The Morgan fingerprint density at radius 1 is 1.41 bits per heavy atom. The molecule has 1 aromatic heterocycles. The van der Waals surface area contributed by atoms with Crippen LogP contribution >= 0.6 is 27.3 Å². The van der Waals surface area contributed by atoms with Crippen LogP contribution in [0, 0.1) is 5.82 Å². The summed E-state index contributed by atoms with van der Waals surface area (Å²) in [5, 5.41) is 9.68. The SMILES string of the molecule is CN(CC1CCCCO1)c1nnc(-c2cc(Br)ccc2F)s1. The molecule has 2 heterocycles. The highest BCUT2D eigenvalue weighted by Gasteiger charge is 2.19. The van der Waals surface area contributed by atoms with Gasteiger partial charge in [0, 0.05) is 30.2 Å². The van der Waals surface area contributed by atoms with Gasteiger partial charge < -0.3 is 9.64 Å². The third-order valence-corrected chi connectivity index (χ3v) is 5.22. The van der Waals surface area contributed by atoms with Gasteiger partial charge in [-0.05, 0) is 37.5 Å². The Hall–Kier alpha value is -1.05. The maximum atomic E-state index is 13.9. The molecule has 7 heteroatoms. The molecule has 1 aliphatic heterocycles. The van der Waals surface area contributed by atoms with Crippen LogP contribution < -0.4 is 4.90 Å². The van der Waals surface area contributed by atoms with Gasteiger partial charge in [0.2, 0.25) is 5.13 Å². The first kappa shape index (κ1) is 15.8. The lowest BCUT2D eigenvalue weighted by atomic mass is 10.1. The topological polar surface area (TPSA) is 38.2 Å². The number of nitrogens with zero attached hydrogens (tertiary/aromatic N) is 3. The molecule has 1 aliphatic rings. The quantitative estimate of drug-likeness (QED) is 0.793. The molecule has 1 fully saturated rings. The molecule has 0 N–H and O–H groups in total. The lowest BCUT2D eigenvalue weighted by Crippen LogP contribution is -2.33. The summed E-state index contributed by atoms with van der Waals surface area (Å²) in [7, 11) is 1.97. The first-order valence-electron chi connectivity index (χ1n) is 7.25. The average Bonchev–Trinajstić information content (AvgIpc) is 3.00. The molecule has 22 heavy (non-hydrogen) atoms. The Morgan fingerprint density at radius 3 is 3.05 bits per heavy atom. The zero-order valence-corrected chi connectivity index (χ0v) is 14.7. The van der Waals surface area contributed by atoms with Crippen molar-refractivity contribution in [3.63, 3.8) is 0 Å². The second-order valence-electron chi connectivity index (χ2n) is 5.38. The molecule has 1 unspecified atom stereocenters. The number of benzene rings is 1. The second kappa shape index (κ2) is 7.02. The number of aromatic nitrogens is 2. The molecule has 0 bridgehead atoms. The van der Waals surface area contributed by atoms with Crippen molar-refractivity contribution in [3.05, 3.63) is 28.5 Å². The van der Waals surface area contributed by atoms with E-state index in [-0.39, 0.29) is 11.9 Å². The van der Waals surface area contributed by atoms with E-state index in [1.165, 1.54) is 23.8 Å². The van der Waals surface area contributed by atoms with Crippen molar-refractivity contribution in [2.75, 3.05) is 25.1 Å². The number of anilines is 1. The maximum absolute atomic E-state index is 13.9. The van der Waals surface area contributed by atoms with Gasteiger partial charge in [-0.25, -0.2) is 4.39 Å². The molecular weight excluding hydrogens is 369 g/mol. The molecule has 2 aromatic rings. The molecule has 0 spiro atoms. The van der Waals surface area contributed by atoms with Crippen molar-refractivity contribution in [2.24, 2.45) is 0 Å². The van der Waals surface area contributed by atoms with E-state index in [4.69, 9.17) is 4.74 Å². The van der Waals surface area contributed by atoms with Crippen LogP contribution in [0.15, 0.2) is 22.7 Å². The van der Waals surface area contributed by atoms with E-state index in [9.17, 15) is 4.39 Å². The molecule has 0 amide bonds. The third-order valence-electron chi connectivity index (χ3n) is 3.65. The third kappa shape index (κ3) is 3.64. The minimum absolute atomic E-state index is 0.244. The Labute approximate surface area is 141 Å². The van der Waals surface area contributed by atoms with Gasteiger partial charge in [0.1, 0.15) is 5.82 Å². The highest BCUT2D eigenvalue weighted by molar-refractivity contribution is 9.10. The molecule has 0 saturated carbocycles. The smallest absolute Gasteiger partial charge is 0.208 e. The fourth-order valence-corrected chi connectivity index (χ4v) is 3.67. The van der Waals surface area contributed by atoms with E-state index in [0.717, 1.165) is 35.6 Å². The molecule has 0 aliphatic carbocycles. The van der Waals surface area contributed by atoms with E-state index in [1.807, 2.05) is 11.9 Å². The number of hydrogen-bond acceptors (Lipinski definition) is 5. The molecule has 3 rings (SSSR count). The normalized spacial score (nSPS) is 18.4. The lowest BCUT2D eigenvalue weighted by molar-refractivity contribution is 0.0216. The van der Waals surface area contributed by atoms with Crippen molar-refractivity contribution in [3.8, 4) is 10.6 Å². The summed E-state index contributed by atoms with van der Waals surface area (Å²) in [5.41, 5.74) is 0.473. The molecule has 1 atom stereocenters. The Morgan fingerprint density at radius 2 is 2.27 bits per heavy atom. The number of rotatable bonds is 4. The van der Waals surface area contributed by atoms with Gasteiger partial charge in [0.15, 0.2) is 5.01 Å². The number of ether oxygens (including phenoxy) is 1. The lowest BCUT2D eigenvalue weighted by Gasteiger charge is -2.26. The van der Waals surface area contributed by atoms with Crippen LogP contribution in [0.5, 0.6) is 0 Å². The predicted octanol–water partition coefficient (Wildman–Crippen LogP) is 4.11. The zero-order chi connectivity index (χ0) is 15.5. The molecule has 1 saturated heterocycles. The van der Waals surface area contributed by atoms with Crippen molar-refractivity contribution in [1.29, 1.82) is 0 Å². The summed E-state index contributed by atoms with van der Waals surface area (Å²) in [4.78, 5) is 2.03. The van der Waals surface area contributed by atoms with Crippen molar-refractivity contribution < 1.29 is 9.13 Å². The van der Waals surface area contributed by atoms with Gasteiger partial charge in [-0.15, -0.1) is 10.2 Å². The van der Waals surface area contributed by atoms with Crippen LogP contribution in [0.2, 0.25) is 0 Å². The standard InChI is InChI=1S/C15H17BrFN3OS/c1-20(9-11-4-2-3-7-21-11)15-19-18-14(22-15)12-8-10(16)5-6-13(12)17/h5-6,8,11H,2-4,7,9H2,1H3. The summed E-state index contributed by atoms with van der Waals surface area (Å²) in [6.07, 6.45) is 3.68. The summed E-state index contributed by atoms with van der Waals surface area (Å²) in [6, 6.07) is 4.83. The molecule has 4 nitrogen and oxygen atoms in total. The van der Waals surface area contributed by atoms with Gasteiger partial charge >= 0.3 is 0 Å². The number of likely N-dealkylation sites (N-methyl/N-ethyl adjacent to an activating group) is 1. The van der Waals surface area contributed by atoms with Crippen LogP contribution in [0.4, 0.5) is 9.52 Å². The van der Waals surface area contributed by atoms with E-state index < -0.39 is 0 Å². The van der Waals surface area contributed by atoms with Gasteiger partial charge in [0.25, 0.3) is 0 Å². The van der Waals surface area contributed by atoms with Crippen LogP contribution in [0.3, 0.4) is 0 Å². The van der Waals surface area contributed by atoms with Gasteiger partial charge in [-0.2, -0.15) is 0 Å². The van der Waals surface area contributed by atoms with Crippen molar-refractivity contribution >= 4 is 32.4 Å². The summed E-state index contributed by atoms with van der Waals surface area (Å²) in [5.74, 6) is -0.288. The van der Waals surface area contributed by atoms with Crippen LogP contribution in [-0.4, -0.2) is 36.5 Å². The summed E-state index contributed by atoms with van der Waals surface area (Å²) < 4.78 is 20.5. The average molecular weight is 386 g/mol. The number of hydrogen-bond donors (Lipinski definition) is 0. The largest absolute Gasteiger partial charge is 0.376 e. The molecule has 0 radical (unpaired) electrons. The minimum atomic E-state index is -0.288. The Balaban J connectivity index is 1.73. The zero-order valence-electron chi connectivity index (χ0n) is 12.3.